The van der Waals surface area contributed by atoms with Crippen LogP contribution in [0.4, 0.5) is 0 Å². The molecule has 5 nitrogen and oxygen atoms in total. The number of aromatic nitrogens is 1. The standard InChI is InChI=1S/C22H21N3O2/c1-14-8-9-17(10-15(14)2)16(3)24-21(26)13-25-12-18(11-23)22(27)19-6-4-5-7-20(19)25/h4-10,12,16H,13H2,1-3H3,(H,24,26). The highest BCUT2D eigenvalue weighted by atomic mass is 16.2. The van der Waals surface area contributed by atoms with Gasteiger partial charge in [-0.3, -0.25) is 9.59 Å². The molecule has 3 aromatic rings. The normalized spacial score (nSPS) is 11.8. The molecule has 0 fully saturated rings. The molecular formula is C22H21N3O2. The molecule has 1 N–H and O–H groups in total. The number of hydrogen-bond donors (Lipinski definition) is 1. The summed E-state index contributed by atoms with van der Waals surface area (Å²) in [5.74, 6) is -0.182. The number of nitrogens with zero attached hydrogens (tertiary/aromatic N) is 2. The molecule has 1 heterocycles. The van der Waals surface area contributed by atoms with Gasteiger partial charge in [0.1, 0.15) is 18.2 Å². The number of aryl methyl sites for hydroxylation is 2. The van der Waals surface area contributed by atoms with Gasteiger partial charge in [-0.25, -0.2) is 0 Å². The Kier molecular flexibility index (Phi) is 5.09. The lowest BCUT2D eigenvalue weighted by Gasteiger charge is -2.17. The Hall–Kier alpha value is -3.39. The van der Waals surface area contributed by atoms with Crippen molar-refractivity contribution in [1.82, 2.24) is 9.88 Å². The van der Waals surface area contributed by atoms with Crippen molar-refractivity contribution in [2.75, 3.05) is 0 Å². The first-order chi connectivity index (χ1) is 12.9. The maximum absolute atomic E-state index is 12.6. The van der Waals surface area contributed by atoms with E-state index in [2.05, 4.69) is 18.3 Å². The molecule has 1 amide bonds. The molecule has 3 rings (SSSR count). The number of nitrogens with one attached hydrogen (secondary N) is 1. The van der Waals surface area contributed by atoms with E-state index in [9.17, 15) is 14.9 Å². The molecule has 0 aliphatic rings. The topological polar surface area (TPSA) is 74.9 Å². The van der Waals surface area contributed by atoms with Gasteiger partial charge in [0.25, 0.3) is 0 Å². The largest absolute Gasteiger partial charge is 0.348 e. The monoisotopic (exact) mass is 359 g/mol. The second kappa shape index (κ2) is 7.46. The third-order valence-corrected chi connectivity index (χ3v) is 4.83. The minimum Gasteiger partial charge on any atom is -0.348 e. The van der Waals surface area contributed by atoms with E-state index in [1.54, 1.807) is 28.8 Å². The summed E-state index contributed by atoms with van der Waals surface area (Å²) in [5, 5.41) is 12.6. The van der Waals surface area contributed by atoms with Gasteiger partial charge < -0.3 is 9.88 Å². The van der Waals surface area contributed by atoms with Gasteiger partial charge in [-0.2, -0.15) is 5.26 Å². The van der Waals surface area contributed by atoms with Crippen molar-refractivity contribution in [3.63, 3.8) is 0 Å². The molecular weight excluding hydrogens is 338 g/mol. The van der Waals surface area contributed by atoms with E-state index in [1.165, 1.54) is 17.3 Å². The number of nitriles is 1. The molecule has 0 spiro atoms. The summed E-state index contributed by atoms with van der Waals surface area (Å²) in [5.41, 5.74) is 3.78. The lowest BCUT2D eigenvalue weighted by molar-refractivity contribution is -0.122. The van der Waals surface area contributed by atoms with Crippen molar-refractivity contribution in [2.45, 2.75) is 33.4 Å². The van der Waals surface area contributed by atoms with Crippen molar-refractivity contribution in [1.29, 1.82) is 5.26 Å². The zero-order valence-corrected chi connectivity index (χ0v) is 15.6. The molecule has 1 atom stereocenters. The quantitative estimate of drug-likeness (QED) is 0.776. The summed E-state index contributed by atoms with van der Waals surface area (Å²) >= 11 is 0. The molecule has 136 valence electrons. The van der Waals surface area contributed by atoms with Crippen molar-refractivity contribution >= 4 is 16.8 Å². The number of amides is 1. The van der Waals surface area contributed by atoms with Crippen LogP contribution in [0, 0.1) is 25.2 Å². The van der Waals surface area contributed by atoms with Crippen molar-refractivity contribution in [3.8, 4) is 6.07 Å². The second-order valence-corrected chi connectivity index (χ2v) is 6.76. The smallest absolute Gasteiger partial charge is 0.240 e. The zero-order valence-electron chi connectivity index (χ0n) is 15.6. The summed E-state index contributed by atoms with van der Waals surface area (Å²) in [6.07, 6.45) is 1.45. The highest BCUT2D eigenvalue weighted by Gasteiger charge is 2.14. The average Bonchev–Trinajstić information content (AvgIpc) is 2.66. The van der Waals surface area contributed by atoms with E-state index in [0.717, 1.165) is 5.56 Å². The minimum absolute atomic E-state index is 0.0312. The molecule has 0 aliphatic carbocycles. The third-order valence-electron chi connectivity index (χ3n) is 4.83. The predicted octanol–water partition coefficient (Wildman–Crippen LogP) is 3.37. The highest BCUT2D eigenvalue weighted by Crippen LogP contribution is 2.17. The van der Waals surface area contributed by atoms with Crippen LogP contribution in [-0.4, -0.2) is 10.5 Å². The number of pyridine rings is 1. The Morgan fingerprint density at radius 3 is 2.63 bits per heavy atom. The van der Waals surface area contributed by atoms with Crippen LogP contribution in [-0.2, 0) is 11.3 Å². The first-order valence-corrected chi connectivity index (χ1v) is 8.79. The van der Waals surface area contributed by atoms with Gasteiger partial charge in [0.15, 0.2) is 0 Å². The molecule has 27 heavy (non-hydrogen) atoms. The van der Waals surface area contributed by atoms with E-state index in [0.29, 0.717) is 10.9 Å². The Morgan fingerprint density at radius 2 is 1.93 bits per heavy atom. The predicted molar refractivity (Wildman–Crippen MR) is 105 cm³/mol. The van der Waals surface area contributed by atoms with Gasteiger partial charge in [0.05, 0.1) is 11.6 Å². The van der Waals surface area contributed by atoms with Crippen molar-refractivity contribution < 1.29 is 4.79 Å². The van der Waals surface area contributed by atoms with Crippen LogP contribution in [0.1, 0.15) is 35.2 Å². The number of hydrogen-bond acceptors (Lipinski definition) is 3. The van der Waals surface area contributed by atoms with E-state index in [1.807, 2.05) is 32.0 Å². The van der Waals surface area contributed by atoms with Gasteiger partial charge in [-0.1, -0.05) is 30.3 Å². The maximum atomic E-state index is 12.6. The van der Waals surface area contributed by atoms with Crippen molar-refractivity contribution in [2.24, 2.45) is 0 Å². The molecule has 1 aromatic heterocycles. The van der Waals surface area contributed by atoms with Gasteiger partial charge in [-0.15, -0.1) is 0 Å². The van der Waals surface area contributed by atoms with Crippen LogP contribution in [0.3, 0.4) is 0 Å². The van der Waals surface area contributed by atoms with E-state index < -0.39 is 0 Å². The number of fused-ring (bicyclic) bond motifs is 1. The highest BCUT2D eigenvalue weighted by molar-refractivity contribution is 5.83. The number of para-hydroxylation sites is 1. The van der Waals surface area contributed by atoms with Gasteiger partial charge in [-0.05, 0) is 49.6 Å². The third kappa shape index (κ3) is 3.75. The fourth-order valence-corrected chi connectivity index (χ4v) is 3.11. The van der Waals surface area contributed by atoms with Gasteiger partial charge >= 0.3 is 0 Å². The Bertz CT molecular complexity index is 1120. The first-order valence-electron chi connectivity index (χ1n) is 8.79. The van der Waals surface area contributed by atoms with Crippen LogP contribution in [0.5, 0.6) is 0 Å². The van der Waals surface area contributed by atoms with E-state index in [4.69, 9.17) is 0 Å². The first kappa shape index (κ1) is 18.4. The summed E-state index contributed by atoms with van der Waals surface area (Å²) < 4.78 is 1.65. The molecule has 1 unspecified atom stereocenters. The molecule has 5 heteroatoms. The molecule has 0 saturated carbocycles. The summed E-state index contributed by atoms with van der Waals surface area (Å²) in [4.78, 5) is 24.9. The van der Waals surface area contributed by atoms with Crippen LogP contribution in [0.25, 0.3) is 10.9 Å². The SMILES string of the molecule is Cc1ccc(C(C)NC(=O)Cn2cc(C#N)c(=O)c3ccccc32)cc1C. The summed E-state index contributed by atoms with van der Waals surface area (Å²) in [7, 11) is 0. The van der Waals surface area contributed by atoms with Gasteiger partial charge in [0, 0.05) is 11.6 Å². The number of carbonyl (C=O) groups is 1. The minimum atomic E-state index is -0.312. The van der Waals surface area contributed by atoms with Crippen molar-refractivity contribution in [3.05, 3.63) is 81.1 Å². The molecule has 2 aromatic carbocycles. The fourth-order valence-electron chi connectivity index (χ4n) is 3.11. The van der Waals surface area contributed by atoms with Crippen LogP contribution in [0.15, 0.2) is 53.5 Å². The average molecular weight is 359 g/mol. The lowest BCUT2D eigenvalue weighted by Crippen LogP contribution is -2.30. The molecule has 0 saturated heterocycles. The van der Waals surface area contributed by atoms with Gasteiger partial charge in [0.2, 0.25) is 11.3 Å². The Morgan fingerprint density at radius 1 is 1.19 bits per heavy atom. The van der Waals surface area contributed by atoms with Crippen LogP contribution in [0.2, 0.25) is 0 Å². The molecule has 0 aliphatic heterocycles. The molecule has 0 radical (unpaired) electrons. The number of carbonyl (C=O) groups excluding carboxylic acids is 1. The van der Waals surface area contributed by atoms with Crippen LogP contribution >= 0.6 is 0 Å². The summed E-state index contributed by atoms with van der Waals surface area (Å²) in [6.45, 7) is 6.07. The lowest BCUT2D eigenvalue weighted by atomic mass is 10.0. The number of benzene rings is 2. The Balaban J connectivity index is 1.86. The van der Waals surface area contributed by atoms with E-state index in [-0.39, 0.29) is 29.5 Å². The Labute approximate surface area is 157 Å². The zero-order chi connectivity index (χ0) is 19.6. The van der Waals surface area contributed by atoms with E-state index >= 15 is 0 Å². The molecule has 0 bridgehead atoms. The fraction of sp³-hybridized carbons (Fsp3) is 0.227. The number of rotatable bonds is 4. The second-order valence-electron chi connectivity index (χ2n) is 6.76. The van der Waals surface area contributed by atoms with Crippen LogP contribution < -0.4 is 10.7 Å². The maximum Gasteiger partial charge on any atom is 0.240 e. The summed E-state index contributed by atoms with van der Waals surface area (Å²) in [6, 6.07) is 14.9.